The summed E-state index contributed by atoms with van der Waals surface area (Å²) in [5, 5.41) is 11.1. The zero-order chi connectivity index (χ0) is 24.2. The van der Waals surface area contributed by atoms with Gasteiger partial charge in [-0.25, -0.2) is 14.6 Å². The van der Waals surface area contributed by atoms with Gasteiger partial charge in [0, 0.05) is 37.6 Å². The number of urea groups is 1. The second kappa shape index (κ2) is 13.7. The van der Waals surface area contributed by atoms with E-state index in [2.05, 4.69) is 39.8 Å². The SMILES string of the molecule is CC(NC(=O)N(C)Cc1csc(C(C)C)n1)C(=O)NCCCCNC(=O)OCc1cncs1. The van der Waals surface area contributed by atoms with E-state index >= 15 is 0 Å². The molecule has 0 radical (unpaired) electrons. The zero-order valence-corrected chi connectivity index (χ0v) is 21.1. The van der Waals surface area contributed by atoms with E-state index in [-0.39, 0.29) is 18.5 Å². The molecule has 2 aromatic rings. The predicted molar refractivity (Wildman–Crippen MR) is 128 cm³/mol. The number of alkyl carbamates (subject to hydrolysis) is 1. The first-order valence-electron chi connectivity index (χ1n) is 10.8. The Labute approximate surface area is 202 Å². The Morgan fingerprint density at radius 1 is 1.12 bits per heavy atom. The number of nitrogens with zero attached hydrogens (tertiary/aromatic N) is 3. The lowest BCUT2D eigenvalue weighted by atomic mass is 10.2. The lowest BCUT2D eigenvalue weighted by Gasteiger charge is -2.20. The Morgan fingerprint density at radius 2 is 1.85 bits per heavy atom. The van der Waals surface area contributed by atoms with Gasteiger partial charge in [0.1, 0.15) is 12.6 Å². The van der Waals surface area contributed by atoms with Crippen LogP contribution in [0.3, 0.4) is 0 Å². The van der Waals surface area contributed by atoms with Crippen LogP contribution in [0.2, 0.25) is 0 Å². The van der Waals surface area contributed by atoms with Crippen LogP contribution in [-0.2, 0) is 22.7 Å². The van der Waals surface area contributed by atoms with Crippen molar-refractivity contribution in [1.29, 1.82) is 0 Å². The molecule has 0 bridgehead atoms. The molecule has 0 fully saturated rings. The molecule has 1 atom stereocenters. The van der Waals surface area contributed by atoms with Crippen molar-refractivity contribution in [1.82, 2.24) is 30.8 Å². The van der Waals surface area contributed by atoms with Crippen LogP contribution in [-0.4, -0.2) is 59.1 Å². The molecule has 2 heterocycles. The first kappa shape index (κ1) is 26.5. The number of thiazole rings is 2. The Balaban J connectivity index is 1.55. The molecule has 10 nitrogen and oxygen atoms in total. The highest BCUT2D eigenvalue weighted by molar-refractivity contribution is 7.09. The lowest BCUT2D eigenvalue weighted by Crippen LogP contribution is -2.48. The minimum Gasteiger partial charge on any atom is -0.444 e. The third-order valence-corrected chi connectivity index (χ3v) is 6.49. The fourth-order valence-corrected chi connectivity index (χ4v) is 3.97. The number of nitrogens with one attached hydrogen (secondary N) is 3. The first-order valence-corrected chi connectivity index (χ1v) is 12.5. The summed E-state index contributed by atoms with van der Waals surface area (Å²) in [5.41, 5.74) is 2.51. The summed E-state index contributed by atoms with van der Waals surface area (Å²) in [6.45, 7) is 7.27. The summed E-state index contributed by atoms with van der Waals surface area (Å²) in [6.07, 6.45) is 2.55. The normalized spacial score (nSPS) is 11.7. The summed E-state index contributed by atoms with van der Waals surface area (Å²) in [7, 11) is 1.67. The number of aromatic nitrogens is 2. The second-order valence-corrected chi connectivity index (χ2v) is 9.69. The zero-order valence-electron chi connectivity index (χ0n) is 19.4. The van der Waals surface area contributed by atoms with E-state index in [1.165, 1.54) is 16.2 Å². The van der Waals surface area contributed by atoms with Crippen LogP contribution in [0.5, 0.6) is 0 Å². The van der Waals surface area contributed by atoms with Gasteiger partial charge in [-0.1, -0.05) is 13.8 Å². The van der Waals surface area contributed by atoms with Crippen molar-refractivity contribution in [2.24, 2.45) is 0 Å². The van der Waals surface area contributed by atoms with Gasteiger partial charge in [0.2, 0.25) is 5.91 Å². The third kappa shape index (κ3) is 9.74. The highest BCUT2D eigenvalue weighted by atomic mass is 32.1. The minimum absolute atomic E-state index is 0.202. The first-order chi connectivity index (χ1) is 15.8. The van der Waals surface area contributed by atoms with E-state index in [4.69, 9.17) is 4.74 Å². The number of hydrogen-bond acceptors (Lipinski definition) is 8. The van der Waals surface area contributed by atoms with Gasteiger partial charge in [0.25, 0.3) is 0 Å². The van der Waals surface area contributed by atoms with E-state index < -0.39 is 12.1 Å². The minimum atomic E-state index is -0.665. The van der Waals surface area contributed by atoms with E-state index in [9.17, 15) is 14.4 Å². The van der Waals surface area contributed by atoms with Gasteiger partial charge in [-0.2, -0.15) is 0 Å². The number of carbonyl (C=O) groups is 3. The van der Waals surface area contributed by atoms with Gasteiger partial charge >= 0.3 is 12.1 Å². The maximum atomic E-state index is 12.4. The second-order valence-electron chi connectivity index (χ2n) is 7.83. The van der Waals surface area contributed by atoms with Crippen LogP contribution in [0.4, 0.5) is 9.59 Å². The van der Waals surface area contributed by atoms with Crippen molar-refractivity contribution in [3.05, 3.63) is 32.7 Å². The smallest absolute Gasteiger partial charge is 0.407 e. The molecule has 0 aliphatic rings. The molecule has 0 saturated carbocycles. The van der Waals surface area contributed by atoms with Gasteiger partial charge in [0.05, 0.1) is 27.6 Å². The number of amides is 4. The molecule has 12 heteroatoms. The molecule has 2 aromatic heterocycles. The molecule has 33 heavy (non-hydrogen) atoms. The van der Waals surface area contributed by atoms with Crippen LogP contribution >= 0.6 is 22.7 Å². The number of rotatable bonds is 12. The third-order valence-electron chi connectivity index (χ3n) is 4.54. The van der Waals surface area contributed by atoms with Crippen molar-refractivity contribution in [3.8, 4) is 0 Å². The Kier molecular flexibility index (Phi) is 11.0. The van der Waals surface area contributed by atoms with E-state index in [0.29, 0.717) is 38.4 Å². The highest BCUT2D eigenvalue weighted by Gasteiger charge is 2.18. The fourth-order valence-electron chi connectivity index (χ4n) is 2.64. The summed E-state index contributed by atoms with van der Waals surface area (Å²) in [6, 6.07) is -1.00. The number of unbranched alkanes of at least 4 members (excludes halogenated alkanes) is 1. The molecule has 0 spiro atoms. The molecule has 0 saturated heterocycles. The van der Waals surface area contributed by atoms with Crippen molar-refractivity contribution < 1.29 is 19.1 Å². The molecular weight excluding hydrogens is 464 g/mol. The summed E-state index contributed by atoms with van der Waals surface area (Å²) < 4.78 is 5.07. The largest absolute Gasteiger partial charge is 0.444 e. The summed E-state index contributed by atoms with van der Waals surface area (Å²) in [4.78, 5) is 47.0. The molecule has 4 amide bonds. The maximum absolute atomic E-state index is 12.4. The molecule has 0 aliphatic carbocycles. The average molecular weight is 497 g/mol. The number of carbonyl (C=O) groups excluding carboxylic acids is 3. The average Bonchev–Trinajstić information content (AvgIpc) is 3.46. The monoisotopic (exact) mass is 496 g/mol. The van der Waals surface area contributed by atoms with Crippen molar-refractivity contribution in [2.75, 3.05) is 20.1 Å². The maximum Gasteiger partial charge on any atom is 0.407 e. The van der Waals surface area contributed by atoms with E-state index in [0.717, 1.165) is 15.6 Å². The summed E-state index contributed by atoms with van der Waals surface area (Å²) in [5.74, 6) is 0.0924. The van der Waals surface area contributed by atoms with Gasteiger partial charge in [-0.05, 0) is 19.8 Å². The Hall–Kier alpha value is -2.73. The van der Waals surface area contributed by atoms with Crippen LogP contribution in [0.1, 0.15) is 55.1 Å². The van der Waals surface area contributed by atoms with Crippen LogP contribution in [0.25, 0.3) is 0 Å². The molecule has 3 N–H and O–H groups in total. The van der Waals surface area contributed by atoms with Gasteiger partial charge in [-0.15, -0.1) is 22.7 Å². The molecule has 0 aromatic carbocycles. The molecular formula is C21H32N6O4S2. The van der Waals surface area contributed by atoms with E-state index in [1.54, 1.807) is 37.0 Å². The van der Waals surface area contributed by atoms with Crippen molar-refractivity contribution >= 4 is 40.7 Å². The molecule has 1 unspecified atom stereocenters. The standard InChI is InChI=1S/C21H32N6O4S2/c1-14(2)19-26-16(12-32-19)10-27(4)20(29)25-15(3)18(28)23-7-5-6-8-24-21(30)31-11-17-9-22-13-33-17/h9,12-15H,5-8,10-11H2,1-4H3,(H,23,28)(H,24,30)(H,25,29). The quantitative estimate of drug-likeness (QED) is 0.388. The van der Waals surface area contributed by atoms with Crippen LogP contribution in [0.15, 0.2) is 17.1 Å². The Bertz CT molecular complexity index is 887. The van der Waals surface area contributed by atoms with Gasteiger partial charge in [0.15, 0.2) is 0 Å². The predicted octanol–water partition coefficient (Wildman–Crippen LogP) is 3.08. The van der Waals surface area contributed by atoms with E-state index in [1.807, 2.05) is 5.38 Å². The molecule has 182 valence electrons. The molecule has 0 aliphatic heterocycles. The van der Waals surface area contributed by atoms with Crippen molar-refractivity contribution in [3.63, 3.8) is 0 Å². The van der Waals surface area contributed by atoms with Crippen molar-refractivity contribution in [2.45, 2.75) is 58.7 Å². The van der Waals surface area contributed by atoms with Gasteiger partial charge < -0.3 is 25.6 Å². The summed E-state index contributed by atoms with van der Waals surface area (Å²) >= 11 is 3.01. The lowest BCUT2D eigenvalue weighted by molar-refractivity contribution is -0.122. The Morgan fingerprint density at radius 3 is 2.48 bits per heavy atom. The highest BCUT2D eigenvalue weighted by Crippen LogP contribution is 2.19. The van der Waals surface area contributed by atoms with Gasteiger partial charge in [-0.3, -0.25) is 9.78 Å². The number of ether oxygens (including phenoxy) is 1. The topological polar surface area (TPSA) is 126 Å². The van der Waals surface area contributed by atoms with Crippen LogP contribution in [0, 0.1) is 0 Å². The van der Waals surface area contributed by atoms with Crippen LogP contribution < -0.4 is 16.0 Å². The number of hydrogen-bond donors (Lipinski definition) is 3. The molecule has 2 rings (SSSR count). The fraction of sp³-hybridized carbons (Fsp3) is 0.571.